The van der Waals surface area contributed by atoms with Gasteiger partial charge < -0.3 is 20.3 Å². The van der Waals surface area contributed by atoms with Crippen molar-refractivity contribution in [3.05, 3.63) is 65.2 Å². The van der Waals surface area contributed by atoms with Crippen LogP contribution in [0, 0.1) is 0 Å². The molecule has 0 radical (unpaired) electrons. The summed E-state index contributed by atoms with van der Waals surface area (Å²) in [6, 6.07) is 15.7. The van der Waals surface area contributed by atoms with Gasteiger partial charge in [-0.3, -0.25) is 4.79 Å². The molecular formula is C22H28N4O2. The molecule has 1 aliphatic heterocycles. The Hall–Kier alpha value is -3.02. The number of benzene rings is 2. The smallest absolute Gasteiger partial charge is 0.253 e. The Balaban J connectivity index is 1.55. The average molecular weight is 380 g/mol. The molecule has 1 amide bonds. The molecule has 1 atom stereocenters. The van der Waals surface area contributed by atoms with Gasteiger partial charge in [-0.25, -0.2) is 4.99 Å². The topological polar surface area (TPSA) is 66.0 Å². The molecule has 0 spiro atoms. The van der Waals surface area contributed by atoms with E-state index in [-0.39, 0.29) is 12.0 Å². The van der Waals surface area contributed by atoms with Crippen LogP contribution in [0.3, 0.4) is 0 Å². The van der Waals surface area contributed by atoms with Crippen LogP contribution in [0.4, 0.5) is 0 Å². The van der Waals surface area contributed by atoms with E-state index in [1.54, 1.807) is 19.0 Å². The lowest BCUT2D eigenvalue weighted by atomic mass is 10.1. The average Bonchev–Trinajstić information content (AvgIpc) is 3.13. The van der Waals surface area contributed by atoms with E-state index >= 15 is 0 Å². The fraction of sp³-hybridized carbons (Fsp3) is 0.364. The molecular weight excluding hydrogens is 352 g/mol. The molecule has 1 unspecified atom stereocenters. The number of aliphatic imine (C=N–C) groups is 1. The third kappa shape index (κ3) is 5.03. The van der Waals surface area contributed by atoms with E-state index in [9.17, 15) is 4.79 Å². The molecule has 0 fully saturated rings. The van der Waals surface area contributed by atoms with Crippen LogP contribution in [0.25, 0.3) is 0 Å². The van der Waals surface area contributed by atoms with E-state index in [1.807, 2.05) is 49.4 Å². The minimum Gasteiger partial charge on any atom is -0.488 e. The van der Waals surface area contributed by atoms with Crippen molar-refractivity contribution in [3.8, 4) is 5.75 Å². The number of carbonyl (C=O) groups is 1. The number of nitrogens with zero attached hydrogens (tertiary/aromatic N) is 2. The minimum absolute atomic E-state index is 0.00242. The highest BCUT2D eigenvalue weighted by molar-refractivity contribution is 5.93. The first-order valence-corrected chi connectivity index (χ1v) is 9.64. The summed E-state index contributed by atoms with van der Waals surface area (Å²) in [7, 11) is 3.50. The van der Waals surface area contributed by atoms with Gasteiger partial charge in [-0.05, 0) is 36.2 Å². The SMILES string of the molecule is CCNC(=NCc1ccc(C(=O)N(C)C)cc1)NCC1Cc2ccccc2O1. The van der Waals surface area contributed by atoms with Crippen molar-refractivity contribution in [2.75, 3.05) is 27.2 Å². The number of ether oxygens (including phenoxy) is 1. The van der Waals surface area contributed by atoms with Gasteiger partial charge in [-0.2, -0.15) is 0 Å². The van der Waals surface area contributed by atoms with E-state index in [0.29, 0.717) is 18.7 Å². The van der Waals surface area contributed by atoms with Crippen molar-refractivity contribution in [1.29, 1.82) is 0 Å². The van der Waals surface area contributed by atoms with Crippen molar-refractivity contribution < 1.29 is 9.53 Å². The second-order valence-electron chi connectivity index (χ2n) is 7.02. The minimum atomic E-state index is 0.00242. The molecule has 0 saturated heterocycles. The lowest BCUT2D eigenvalue weighted by molar-refractivity contribution is 0.0827. The Kier molecular flexibility index (Phi) is 6.53. The zero-order valence-electron chi connectivity index (χ0n) is 16.7. The third-order valence-electron chi connectivity index (χ3n) is 4.58. The van der Waals surface area contributed by atoms with Crippen molar-refractivity contribution in [1.82, 2.24) is 15.5 Å². The Morgan fingerprint density at radius 1 is 1.14 bits per heavy atom. The molecule has 0 saturated carbocycles. The van der Waals surface area contributed by atoms with Gasteiger partial charge in [-0.1, -0.05) is 30.3 Å². The summed E-state index contributed by atoms with van der Waals surface area (Å²) in [5.74, 6) is 1.74. The Morgan fingerprint density at radius 3 is 2.57 bits per heavy atom. The molecule has 2 N–H and O–H groups in total. The number of hydrogen-bond acceptors (Lipinski definition) is 3. The molecule has 2 aromatic carbocycles. The van der Waals surface area contributed by atoms with Gasteiger partial charge in [0.2, 0.25) is 0 Å². The largest absolute Gasteiger partial charge is 0.488 e. The summed E-state index contributed by atoms with van der Waals surface area (Å²) in [5, 5.41) is 6.63. The summed E-state index contributed by atoms with van der Waals surface area (Å²) in [4.78, 5) is 18.2. The molecule has 2 aromatic rings. The van der Waals surface area contributed by atoms with E-state index in [0.717, 1.165) is 30.2 Å². The zero-order chi connectivity index (χ0) is 19.9. The molecule has 0 aromatic heterocycles. The number of para-hydroxylation sites is 1. The maximum Gasteiger partial charge on any atom is 0.253 e. The van der Waals surface area contributed by atoms with Gasteiger partial charge in [-0.15, -0.1) is 0 Å². The third-order valence-corrected chi connectivity index (χ3v) is 4.58. The number of rotatable bonds is 6. The van der Waals surface area contributed by atoms with Crippen molar-refractivity contribution in [2.45, 2.75) is 26.0 Å². The van der Waals surface area contributed by atoms with Crippen LogP contribution in [-0.4, -0.2) is 50.1 Å². The van der Waals surface area contributed by atoms with Crippen molar-refractivity contribution >= 4 is 11.9 Å². The quantitative estimate of drug-likeness (QED) is 0.597. The normalized spacial score (nSPS) is 15.5. The molecule has 0 bridgehead atoms. The number of hydrogen-bond donors (Lipinski definition) is 2. The summed E-state index contributed by atoms with van der Waals surface area (Å²) in [6.07, 6.45) is 1.02. The lowest BCUT2D eigenvalue weighted by Crippen LogP contribution is -2.42. The first-order chi connectivity index (χ1) is 13.6. The first kappa shape index (κ1) is 19.7. The highest BCUT2D eigenvalue weighted by Gasteiger charge is 2.22. The molecule has 1 heterocycles. The summed E-state index contributed by atoms with van der Waals surface area (Å²) < 4.78 is 5.97. The summed E-state index contributed by atoms with van der Waals surface area (Å²) in [5.41, 5.74) is 2.99. The van der Waals surface area contributed by atoms with Gasteiger partial charge in [0.05, 0.1) is 13.1 Å². The molecule has 6 heteroatoms. The standard InChI is InChI=1S/C22H28N4O2/c1-4-23-22(25-15-19-13-18-7-5-6-8-20(18)28-19)24-14-16-9-11-17(12-10-16)21(27)26(2)3/h5-12,19H,4,13-15H2,1-3H3,(H2,23,24,25). The second kappa shape index (κ2) is 9.26. The summed E-state index contributed by atoms with van der Waals surface area (Å²) in [6.45, 7) is 4.06. The number of guanidine groups is 1. The highest BCUT2D eigenvalue weighted by Crippen LogP contribution is 2.27. The number of fused-ring (bicyclic) bond motifs is 1. The zero-order valence-corrected chi connectivity index (χ0v) is 16.7. The van der Waals surface area contributed by atoms with Crippen LogP contribution in [0.15, 0.2) is 53.5 Å². The van der Waals surface area contributed by atoms with Gasteiger partial charge >= 0.3 is 0 Å². The molecule has 0 aliphatic carbocycles. The van der Waals surface area contributed by atoms with Crippen LogP contribution >= 0.6 is 0 Å². The van der Waals surface area contributed by atoms with E-state index in [2.05, 4.69) is 21.7 Å². The van der Waals surface area contributed by atoms with Crippen LogP contribution in [0.2, 0.25) is 0 Å². The van der Waals surface area contributed by atoms with Crippen molar-refractivity contribution in [3.63, 3.8) is 0 Å². The predicted molar refractivity (Wildman–Crippen MR) is 112 cm³/mol. The maximum atomic E-state index is 12.0. The number of carbonyl (C=O) groups excluding carboxylic acids is 1. The van der Waals surface area contributed by atoms with Crippen LogP contribution in [0.1, 0.15) is 28.4 Å². The monoisotopic (exact) mass is 380 g/mol. The molecule has 148 valence electrons. The first-order valence-electron chi connectivity index (χ1n) is 9.64. The van der Waals surface area contributed by atoms with E-state index in [1.165, 1.54) is 5.56 Å². The Morgan fingerprint density at radius 2 is 1.89 bits per heavy atom. The van der Waals surface area contributed by atoms with Gasteiger partial charge in [0.25, 0.3) is 5.91 Å². The molecule has 3 rings (SSSR count). The highest BCUT2D eigenvalue weighted by atomic mass is 16.5. The van der Waals surface area contributed by atoms with Crippen LogP contribution < -0.4 is 15.4 Å². The van der Waals surface area contributed by atoms with Gasteiger partial charge in [0, 0.05) is 32.6 Å². The summed E-state index contributed by atoms with van der Waals surface area (Å²) >= 11 is 0. The number of nitrogens with one attached hydrogen (secondary N) is 2. The molecule has 1 aliphatic rings. The fourth-order valence-corrected chi connectivity index (χ4v) is 3.10. The second-order valence-corrected chi connectivity index (χ2v) is 7.02. The lowest BCUT2D eigenvalue weighted by Gasteiger charge is -2.15. The molecule has 28 heavy (non-hydrogen) atoms. The van der Waals surface area contributed by atoms with Gasteiger partial charge in [0.1, 0.15) is 11.9 Å². The van der Waals surface area contributed by atoms with E-state index in [4.69, 9.17) is 4.74 Å². The van der Waals surface area contributed by atoms with Crippen molar-refractivity contribution in [2.24, 2.45) is 4.99 Å². The Labute approximate surface area is 166 Å². The molecule has 6 nitrogen and oxygen atoms in total. The van der Waals surface area contributed by atoms with Gasteiger partial charge in [0.15, 0.2) is 5.96 Å². The van der Waals surface area contributed by atoms with E-state index < -0.39 is 0 Å². The number of amides is 1. The predicted octanol–water partition coefficient (Wildman–Crippen LogP) is 2.45. The maximum absolute atomic E-state index is 12.0. The van der Waals surface area contributed by atoms with Crippen LogP contribution in [0.5, 0.6) is 5.75 Å². The Bertz CT molecular complexity index is 806. The van der Waals surface area contributed by atoms with Crippen LogP contribution in [-0.2, 0) is 13.0 Å². The fourth-order valence-electron chi connectivity index (χ4n) is 3.10.